The third kappa shape index (κ3) is 2.12. The lowest BCUT2D eigenvalue weighted by Gasteiger charge is -2.37. The molecule has 0 fully saturated rings. The Bertz CT molecular complexity index is 612. The van der Waals surface area contributed by atoms with Gasteiger partial charge in [-0.2, -0.15) is 0 Å². The molecule has 0 amide bonds. The summed E-state index contributed by atoms with van der Waals surface area (Å²) in [6.45, 7) is 3.58. The molecule has 0 spiro atoms. The molecule has 3 rings (SSSR count). The van der Waals surface area contributed by atoms with Crippen molar-refractivity contribution in [2.75, 3.05) is 29.9 Å². The van der Waals surface area contributed by atoms with Gasteiger partial charge in [-0.1, -0.05) is 18.2 Å². The molecule has 2 aromatic rings. The molecular weight excluding hydrogens is 250 g/mol. The summed E-state index contributed by atoms with van der Waals surface area (Å²) in [5.74, 6) is 0.850. The number of hydrogen-bond acceptors (Lipinski definition) is 4. The Hall–Kier alpha value is -2.07. The minimum absolute atomic E-state index is 0.523. The molecule has 1 atom stereocenters. The second-order valence-corrected chi connectivity index (χ2v) is 5.15. The van der Waals surface area contributed by atoms with E-state index in [9.17, 15) is 5.11 Å². The van der Waals surface area contributed by atoms with Gasteiger partial charge >= 0.3 is 0 Å². The minimum Gasteiger partial charge on any atom is -0.389 e. The van der Waals surface area contributed by atoms with Gasteiger partial charge < -0.3 is 14.9 Å². The van der Waals surface area contributed by atoms with Crippen LogP contribution in [0.5, 0.6) is 0 Å². The number of pyridine rings is 1. The molecule has 1 aliphatic rings. The van der Waals surface area contributed by atoms with Gasteiger partial charge in [-0.25, -0.2) is 4.98 Å². The molecule has 4 heteroatoms. The summed E-state index contributed by atoms with van der Waals surface area (Å²) in [6, 6.07) is 12.1. The molecule has 2 heterocycles. The van der Waals surface area contributed by atoms with E-state index in [1.807, 2.05) is 24.3 Å². The fourth-order valence-corrected chi connectivity index (χ4v) is 2.69. The Kier molecular flexibility index (Phi) is 3.32. The Morgan fingerprint density at radius 2 is 1.85 bits per heavy atom. The van der Waals surface area contributed by atoms with E-state index in [0.717, 1.165) is 30.2 Å². The zero-order chi connectivity index (χ0) is 14.1. The lowest BCUT2D eigenvalue weighted by Crippen LogP contribution is -2.37. The Balaban J connectivity index is 2.11. The molecule has 1 N–H and O–H groups in total. The molecule has 20 heavy (non-hydrogen) atoms. The molecule has 0 bridgehead atoms. The number of aromatic nitrogens is 1. The van der Waals surface area contributed by atoms with Crippen LogP contribution in [0.2, 0.25) is 0 Å². The highest BCUT2D eigenvalue weighted by Gasteiger charge is 2.24. The van der Waals surface area contributed by atoms with E-state index < -0.39 is 6.10 Å². The predicted octanol–water partition coefficient (Wildman–Crippen LogP) is 2.72. The minimum atomic E-state index is -0.523. The predicted molar refractivity (Wildman–Crippen MR) is 81.6 cm³/mol. The summed E-state index contributed by atoms with van der Waals surface area (Å²) >= 11 is 0. The number of rotatable bonds is 2. The van der Waals surface area contributed by atoms with Crippen LogP contribution in [0.25, 0.3) is 0 Å². The molecular formula is C16H19N3O. The number of hydrogen-bond donors (Lipinski definition) is 1. The number of nitrogens with zero attached hydrogens (tertiary/aromatic N) is 3. The van der Waals surface area contributed by atoms with Crippen LogP contribution in [0.1, 0.15) is 18.6 Å². The van der Waals surface area contributed by atoms with Gasteiger partial charge in [0.25, 0.3) is 0 Å². The number of likely N-dealkylation sites (N-methyl/N-ethyl adjacent to an activating group) is 1. The third-order valence-electron chi connectivity index (χ3n) is 3.77. The van der Waals surface area contributed by atoms with Gasteiger partial charge in [0.1, 0.15) is 5.82 Å². The molecule has 1 aromatic heterocycles. The van der Waals surface area contributed by atoms with E-state index in [-0.39, 0.29) is 0 Å². The Morgan fingerprint density at radius 1 is 1.10 bits per heavy atom. The molecule has 104 valence electrons. The summed E-state index contributed by atoms with van der Waals surface area (Å²) < 4.78 is 0. The second kappa shape index (κ2) is 5.13. The van der Waals surface area contributed by atoms with Gasteiger partial charge in [0.05, 0.1) is 17.5 Å². The quantitative estimate of drug-likeness (QED) is 0.910. The Morgan fingerprint density at radius 3 is 2.60 bits per heavy atom. The number of anilines is 3. The Labute approximate surface area is 119 Å². The molecule has 4 nitrogen and oxygen atoms in total. The first-order chi connectivity index (χ1) is 9.68. The maximum absolute atomic E-state index is 9.96. The van der Waals surface area contributed by atoms with E-state index in [2.05, 4.69) is 34.0 Å². The largest absolute Gasteiger partial charge is 0.389 e. The number of para-hydroxylation sites is 2. The summed E-state index contributed by atoms with van der Waals surface area (Å²) in [6.07, 6.45) is 1.26. The first-order valence-electron chi connectivity index (χ1n) is 6.89. The van der Waals surface area contributed by atoms with Crippen LogP contribution in [-0.4, -0.2) is 30.2 Å². The molecule has 1 aliphatic heterocycles. The second-order valence-electron chi connectivity index (χ2n) is 5.15. The number of aliphatic hydroxyl groups is 1. The van der Waals surface area contributed by atoms with Crippen LogP contribution < -0.4 is 9.80 Å². The topological polar surface area (TPSA) is 39.6 Å². The van der Waals surface area contributed by atoms with E-state index >= 15 is 0 Å². The van der Waals surface area contributed by atoms with Crippen molar-refractivity contribution < 1.29 is 5.11 Å². The van der Waals surface area contributed by atoms with Crippen molar-refractivity contribution in [3.8, 4) is 0 Å². The van der Waals surface area contributed by atoms with Gasteiger partial charge in [-0.3, -0.25) is 0 Å². The summed E-state index contributed by atoms with van der Waals surface area (Å²) in [7, 11) is 2.10. The van der Waals surface area contributed by atoms with Gasteiger partial charge in [0.2, 0.25) is 0 Å². The molecule has 0 radical (unpaired) electrons. The lowest BCUT2D eigenvalue weighted by atomic mass is 10.1. The zero-order valence-electron chi connectivity index (χ0n) is 11.8. The highest BCUT2D eigenvalue weighted by molar-refractivity contribution is 5.79. The summed E-state index contributed by atoms with van der Waals surface area (Å²) in [4.78, 5) is 8.93. The maximum Gasteiger partial charge on any atom is 0.138 e. The molecule has 0 saturated carbocycles. The van der Waals surface area contributed by atoms with E-state index in [1.165, 1.54) is 5.69 Å². The van der Waals surface area contributed by atoms with Crippen molar-refractivity contribution in [1.29, 1.82) is 0 Å². The molecule has 0 aliphatic carbocycles. The number of aliphatic hydroxyl groups excluding tert-OH is 1. The first kappa shape index (κ1) is 12.9. The van der Waals surface area contributed by atoms with Gasteiger partial charge in [-0.15, -0.1) is 0 Å². The summed E-state index contributed by atoms with van der Waals surface area (Å²) in [5.41, 5.74) is 3.20. The fourth-order valence-electron chi connectivity index (χ4n) is 2.69. The van der Waals surface area contributed by atoms with Crippen molar-refractivity contribution in [1.82, 2.24) is 4.98 Å². The average Bonchev–Trinajstić information content (AvgIpc) is 2.48. The monoisotopic (exact) mass is 269 g/mol. The molecule has 1 aromatic carbocycles. The molecule has 0 saturated heterocycles. The lowest BCUT2D eigenvalue weighted by molar-refractivity contribution is 0.199. The van der Waals surface area contributed by atoms with Crippen LogP contribution in [0, 0.1) is 0 Å². The zero-order valence-corrected chi connectivity index (χ0v) is 11.8. The first-order valence-corrected chi connectivity index (χ1v) is 6.89. The molecule has 0 unspecified atom stereocenters. The van der Waals surface area contributed by atoms with Gasteiger partial charge in [-0.05, 0) is 25.1 Å². The smallest absolute Gasteiger partial charge is 0.138 e. The van der Waals surface area contributed by atoms with Crippen molar-refractivity contribution >= 4 is 17.2 Å². The van der Waals surface area contributed by atoms with Crippen molar-refractivity contribution in [3.63, 3.8) is 0 Å². The number of fused-ring (bicyclic) bond motifs is 1. The average molecular weight is 269 g/mol. The van der Waals surface area contributed by atoms with Gasteiger partial charge in [0.15, 0.2) is 0 Å². The van der Waals surface area contributed by atoms with E-state index in [4.69, 9.17) is 0 Å². The van der Waals surface area contributed by atoms with Gasteiger partial charge in [0, 0.05) is 31.9 Å². The highest BCUT2D eigenvalue weighted by atomic mass is 16.3. The number of benzene rings is 1. The van der Waals surface area contributed by atoms with Crippen molar-refractivity contribution in [3.05, 3.63) is 48.2 Å². The van der Waals surface area contributed by atoms with Crippen LogP contribution in [0.15, 0.2) is 42.6 Å². The highest BCUT2D eigenvalue weighted by Crippen LogP contribution is 2.38. The fraction of sp³-hybridized carbons (Fsp3) is 0.312. The SMILES string of the molecule is C[C@@H](O)c1cccnc1N1CCN(C)c2ccccc21. The van der Waals surface area contributed by atoms with Crippen molar-refractivity contribution in [2.45, 2.75) is 13.0 Å². The van der Waals surface area contributed by atoms with E-state index in [1.54, 1.807) is 13.1 Å². The van der Waals surface area contributed by atoms with Crippen LogP contribution in [0.4, 0.5) is 17.2 Å². The summed E-state index contributed by atoms with van der Waals surface area (Å²) in [5, 5.41) is 9.96. The standard InChI is InChI=1S/C16H19N3O/c1-12(20)13-6-5-9-17-16(13)19-11-10-18(2)14-7-3-4-8-15(14)19/h3-9,12,20H,10-11H2,1-2H3/t12-/m1/s1. The van der Waals surface area contributed by atoms with Crippen LogP contribution in [-0.2, 0) is 0 Å². The van der Waals surface area contributed by atoms with E-state index in [0.29, 0.717) is 0 Å². The maximum atomic E-state index is 9.96. The van der Waals surface area contributed by atoms with Crippen molar-refractivity contribution in [2.24, 2.45) is 0 Å². The van der Waals surface area contributed by atoms with Crippen LogP contribution in [0.3, 0.4) is 0 Å². The van der Waals surface area contributed by atoms with Crippen LogP contribution >= 0.6 is 0 Å². The normalized spacial score (nSPS) is 15.9. The third-order valence-corrected chi connectivity index (χ3v) is 3.77.